The van der Waals surface area contributed by atoms with Crippen molar-refractivity contribution < 1.29 is 37.3 Å². The van der Waals surface area contributed by atoms with Crippen LogP contribution in [-0.2, 0) is 27.9 Å². The van der Waals surface area contributed by atoms with E-state index in [1.807, 2.05) is 39.4 Å². The average Bonchev–Trinajstić information content (AvgIpc) is 3.25. The summed E-state index contributed by atoms with van der Waals surface area (Å²) in [6.07, 6.45) is 52.5. The van der Waals surface area contributed by atoms with Gasteiger partial charge in [-0.1, -0.05) is 217 Å². The normalized spacial score (nSPS) is 14.3. The number of nitrogens with zero attached hydrogens (tertiary/aromatic N) is 1. The third-order valence-electron chi connectivity index (χ3n) is 11.6. The van der Waals surface area contributed by atoms with Crippen LogP contribution < -0.4 is 5.32 Å². The maximum absolute atomic E-state index is 13.4. The van der Waals surface area contributed by atoms with Crippen molar-refractivity contribution in [3.05, 3.63) is 48.6 Å². The maximum Gasteiger partial charge on any atom is 0.472 e. The zero-order chi connectivity index (χ0) is 47.3. The van der Waals surface area contributed by atoms with Gasteiger partial charge in [-0.15, -0.1) is 0 Å². The van der Waals surface area contributed by atoms with Gasteiger partial charge in [0.15, 0.2) is 0 Å². The number of esters is 1. The Morgan fingerprint density at radius 2 is 1.00 bits per heavy atom. The molecular formula is C54H102N2O7P+. The Labute approximate surface area is 395 Å². The number of quaternary nitrogens is 1. The molecule has 0 aliphatic carbocycles. The van der Waals surface area contributed by atoms with Crippen LogP contribution in [0.4, 0.5) is 0 Å². The molecule has 0 rings (SSSR count). The number of carbonyl (C=O) groups excluding carboxylic acids is 2. The first-order chi connectivity index (χ1) is 30.9. The van der Waals surface area contributed by atoms with Gasteiger partial charge in [0, 0.05) is 12.8 Å². The fraction of sp³-hybridized carbons (Fsp3) is 0.815. The Hall–Kier alpha value is -2.03. The van der Waals surface area contributed by atoms with Crippen LogP contribution in [0.15, 0.2) is 48.6 Å². The second kappa shape index (κ2) is 44.8. The Kier molecular flexibility index (Phi) is 43.4. The number of unbranched alkanes of at least 4 members (excludes halogenated alkanes) is 27. The van der Waals surface area contributed by atoms with E-state index in [9.17, 15) is 19.0 Å². The Balaban J connectivity index is 5.41. The summed E-state index contributed by atoms with van der Waals surface area (Å²) in [7, 11) is 1.48. The van der Waals surface area contributed by atoms with E-state index in [0.29, 0.717) is 17.4 Å². The maximum atomic E-state index is 13.4. The lowest BCUT2D eigenvalue weighted by atomic mass is 10.0. The van der Waals surface area contributed by atoms with Crippen molar-refractivity contribution in [2.45, 2.75) is 245 Å². The fourth-order valence-electron chi connectivity index (χ4n) is 7.47. The van der Waals surface area contributed by atoms with Crippen LogP contribution in [0.1, 0.15) is 233 Å². The first-order valence-electron chi connectivity index (χ1n) is 26.5. The summed E-state index contributed by atoms with van der Waals surface area (Å²) in [5, 5.41) is 3.02. The average molecular weight is 922 g/mol. The van der Waals surface area contributed by atoms with Crippen LogP contribution in [0, 0.1) is 0 Å². The first-order valence-corrected chi connectivity index (χ1v) is 28.0. The van der Waals surface area contributed by atoms with Crippen molar-refractivity contribution in [3.63, 3.8) is 0 Å². The lowest BCUT2D eigenvalue weighted by molar-refractivity contribution is -0.870. The van der Waals surface area contributed by atoms with E-state index >= 15 is 0 Å². The van der Waals surface area contributed by atoms with Crippen LogP contribution >= 0.6 is 7.82 Å². The van der Waals surface area contributed by atoms with Crippen LogP contribution in [0.2, 0.25) is 0 Å². The van der Waals surface area contributed by atoms with Crippen LogP contribution in [0.3, 0.4) is 0 Å². The molecule has 3 unspecified atom stereocenters. The quantitative estimate of drug-likeness (QED) is 0.0156. The van der Waals surface area contributed by atoms with Gasteiger partial charge >= 0.3 is 13.8 Å². The lowest BCUT2D eigenvalue weighted by Crippen LogP contribution is -2.47. The fourth-order valence-corrected chi connectivity index (χ4v) is 8.20. The molecule has 0 spiro atoms. The van der Waals surface area contributed by atoms with Gasteiger partial charge in [-0.05, 0) is 51.0 Å². The highest BCUT2D eigenvalue weighted by atomic mass is 31.2. The van der Waals surface area contributed by atoms with Crippen molar-refractivity contribution in [3.8, 4) is 0 Å². The number of hydrogen-bond donors (Lipinski definition) is 2. The minimum atomic E-state index is -4.44. The van der Waals surface area contributed by atoms with Gasteiger partial charge in [-0.2, -0.15) is 0 Å². The van der Waals surface area contributed by atoms with Crippen LogP contribution in [0.5, 0.6) is 0 Å². The minimum Gasteiger partial charge on any atom is -0.456 e. The smallest absolute Gasteiger partial charge is 0.456 e. The number of rotatable bonds is 47. The van der Waals surface area contributed by atoms with E-state index < -0.39 is 20.0 Å². The molecule has 0 heterocycles. The van der Waals surface area contributed by atoms with Crippen molar-refractivity contribution in [2.75, 3.05) is 40.9 Å². The van der Waals surface area contributed by atoms with E-state index in [1.165, 1.54) is 116 Å². The summed E-state index contributed by atoms with van der Waals surface area (Å²) < 4.78 is 30.5. The van der Waals surface area contributed by atoms with E-state index in [4.69, 9.17) is 13.8 Å². The standard InChI is InChI=1S/C54H101N2O7P/c1-7-10-13-16-19-22-25-27-29-32-35-38-41-44-47-54(58)63-52(45-42-39-36-33-30-24-21-18-15-12-9-3)51(50-62-64(59,60)61-49-48-56(4,5)6)55-53(57)46-43-40-37-34-31-28-26-23-20-17-14-11-8-2/h11,14,17,20,23,26,42,45,51-52H,7-10,12-13,15-16,18-19,21-22,24-25,27-41,43-44,46-50H2,1-6H3,(H-,55,57,59,60)/p+1/b14-11+,20-17+,26-23-,45-42+. The van der Waals surface area contributed by atoms with Crippen LogP contribution in [0.25, 0.3) is 0 Å². The molecule has 10 heteroatoms. The molecular weight excluding hydrogens is 820 g/mol. The number of hydrogen-bond acceptors (Lipinski definition) is 6. The summed E-state index contributed by atoms with van der Waals surface area (Å²) in [6, 6.07) is -0.854. The molecule has 0 saturated heterocycles. The molecule has 9 nitrogen and oxygen atoms in total. The van der Waals surface area contributed by atoms with Gasteiger partial charge in [0.05, 0.1) is 33.8 Å². The molecule has 0 radical (unpaired) electrons. The second-order valence-corrected chi connectivity index (χ2v) is 20.5. The zero-order valence-electron chi connectivity index (χ0n) is 42.5. The number of likely N-dealkylation sites (N-methyl/N-ethyl adjacent to an activating group) is 1. The number of ether oxygens (including phenoxy) is 1. The molecule has 2 N–H and O–H groups in total. The molecule has 1 amide bonds. The molecule has 374 valence electrons. The third-order valence-corrected chi connectivity index (χ3v) is 12.6. The monoisotopic (exact) mass is 922 g/mol. The topological polar surface area (TPSA) is 111 Å². The molecule has 0 saturated carbocycles. The summed E-state index contributed by atoms with van der Waals surface area (Å²) in [5.41, 5.74) is 0. The summed E-state index contributed by atoms with van der Waals surface area (Å²) in [6.45, 7) is 6.85. The largest absolute Gasteiger partial charge is 0.472 e. The van der Waals surface area contributed by atoms with Gasteiger partial charge in [-0.25, -0.2) is 4.57 Å². The number of phosphoric acid groups is 1. The Morgan fingerprint density at radius 3 is 1.48 bits per heavy atom. The van der Waals surface area contributed by atoms with Crippen molar-refractivity contribution >= 4 is 19.7 Å². The predicted molar refractivity (Wildman–Crippen MR) is 272 cm³/mol. The first kappa shape index (κ1) is 62.0. The van der Waals surface area contributed by atoms with Gasteiger partial charge in [0.1, 0.15) is 19.3 Å². The van der Waals surface area contributed by atoms with E-state index in [1.54, 1.807) is 0 Å². The van der Waals surface area contributed by atoms with Gasteiger partial charge in [0.25, 0.3) is 0 Å². The highest BCUT2D eigenvalue weighted by Gasteiger charge is 2.30. The Bertz CT molecular complexity index is 1240. The summed E-state index contributed by atoms with van der Waals surface area (Å²) in [5.74, 6) is -0.527. The van der Waals surface area contributed by atoms with Gasteiger partial charge in [0.2, 0.25) is 5.91 Å². The summed E-state index contributed by atoms with van der Waals surface area (Å²) >= 11 is 0. The summed E-state index contributed by atoms with van der Waals surface area (Å²) in [4.78, 5) is 37.4. The van der Waals surface area contributed by atoms with Crippen molar-refractivity contribution in [1.82, 2.24) is 5.32 Å². The zero-order valence-corrected chi connectivity index (χ0v) is 43.4. The van der Waals surface area contributed by atoms with Crippen molar-refractivity contribution in [1.29, 1.82) is 0 Å². The number of phosphoric ester groups is 1. The predicted octanol–water partition coefficient (Wildman–Crippen LogP) is 15.4. The third kappa shape index (κ3) is 45.1. The van der Waals surface area contributed by atoms with E-state index in [2.05, 4.69) is 56.5 Å². The highest BCUT2D eigenvalue weighted by Crippen LogP contribution is 2.43. The van der Waals surface area contributed by atoms with Crippen LogP contribution in [-0.4, -0.2) is 74.3 Å². The molecule has 0 fully saturated rings. The lowest BCUT2D eigenvalue weighted by Gasteiger charge is -2.27. The number of amides is 1. The van der Waals surface area contributed by atoms with E-state index in [0.717, 1.165) is 83.5 Å². The number of carbonyl (C=O) groups is 2. The SMILES string of the molecule is CC/C=C/C=C/C=C\CCCCCCCC(=O)NC(COP(=O)(O)OCC[N+](C)(C)C)C(/C=C/CCCCCCCCCCC)OC(=O)CCCCCCCCCCCCCCCC. The molecule has 3 atom stereocenters. The molecule has 0 bridgehead atoms. The number of nitrogens with one attached hydrogen (secondary N) is 1. The minimum absolute atomic E-state index is 0.0362. The van der Waals surface area contributed by atoms with Gasteiger partial charge in [-0.3, -0.25) is 18.6 Å². The van der Waals surface area contributed by atoms with Crippen molar-refractivity contribution in [2.24, 2.45) is 0 Å². The molecule has 0 aromatic heterocycles. The second-order valence-electron chi connectivity index (χ2n) is 19.1. The number of allylic oxidation sites excluding steroid dienone is 7. The van der Waals surface area contributed by atoms with E-state index in [-0.39, 0.29) is 31.5 Å². The molecule has 0 aliphatic heterocycles. The molecule has 0 aromatic rings. The molecule has 0 aliphatic rings. The van der Waals surface area contributed by atoms with Gasteiger partial charge < -0.3 is 19.4 Å². The highest BCUT2D eigenvalue weighted by molar-refractivity contribution is 7.47. The Morgan fingerprint density at radius 1 is 0.562 bits per heavy atom. The molecule has 64 heavy (non-hydrogen) atoms. The molecule has 0 aromatic carbocycles.